The van der Waals surface area contributed by atoms with Gasteiger partial charge in [0.15, 0.2) is 0 Å². The number of carbonyl (C=O) groups excluding carboxylic acids is 1. The molecule has 0 saturated heterocycles. The molecule has 0 bridgehead atoms. The predicted octanol–water partition coefficient (Wildman–Crippen LogP) is 3.99. The fourth-order valence-corrected chi connectivity index (χ4v) is 3.48. The molecule has 26 heavy (non-hydrogen) atoms. The Kier molecular flexibility index (Phi) is 4.51. The van der Waals surface area contributed by atoms with Crippen LogP contribution in [0, 0.1) is 5.92 Å². The van der Waals surface area contributed by atoms with Crippen LogP contribution in [-0.4, -0.2) is 10.9 Å². The number of nitrogens with one attached hydrogen (secondary N) is 2. The van der Waals surface area contributed by atoms with Crippen LogP contribution in [0.25, 0.3) is 10.9 Å². The molecule has 1 atom stereocenters. The Hall–Kier alpha value is -2.59. The van der Waals surface area contributed by atoms with Crippen molar-refractivity contribution >= 4 is 28.4 Å². The maximum atomic E-state index is 12.8. The molecular formula is C21H19ClN2O2. The molecule has 3 aromatic rings. The summed E-state index contributed by atoms with van der Waals surface area (Å²) in [6, 6.07) is 16.9. The van der Waals surface area contributed by atoms with E-state index in [0.29, 0.717) is 16.5 Å². The first-order valence-corrected chi connectivity index (χ1v) is 9.14. The van der Waals surface area contributed by atoms with E-state index in [4.69, 9.17) is 11.6 Å². The summed E-state index contributed by atoms with van der Waals surface area (Å²) in [5, 5.41) is 4.56. The number of pyridine rings is 1. The number of fused-ring (bicyclic) bond motifs is 1. The van der Waals surface area contributed by atoms with E-state index >= 15 is 0 Å². The highest BCUT2D eigenvalue weighted by molar-refractivity contribution is 6.30. The van der Waals surface area contributed by atoms with Gasteiger partial charge in [0, 0.05) is 22.6 Å². The van der Waals surface area contributed by atoms with Crippen LogP contribution in [0.2, 0.25) is 5.02 Å². The first kappa shape index (κ1) is 16.9. The molecule has 0 spiro atoms. The minimum atomic E-state index is -0.188. The lowest BCUT2D eigenvalue weighted by Gasteiger charge is -2.17. The Morgan fingerprint density at radius 2 is 1.88 bits per heavy atom. The lowest BCUT2D eigenvalue weighted by molar-refractivity contribution is -0.123. The fourth-order valence-electron chi connectivity index (χ4n) is 3.35. The molecule has 1 aliphatic carbocycles. The second kappa shape index (κ2) is 6.96. The van der Waals surface area contributed by atoms with E-state index in [1.807, 2.05) is 54.6 Å². The molecule has 4 nitrogen and oxygen atoms in total. The summed E-state index contributed by atoms with van der Waals surface area (Å²) in [6.07, 6.45) is 2.11. The van der Waals surface area contributed by atoms with Gasteiger partial charge in [0.1, 0.15) is 0 Å². The number of aromatic nitrogens is 1. The topological polar surface area (TPSA) is 62.0 Å². The number of hydrogen-bond donors (Lipinski definition) is 2. The molecule has 1 unspecified atom stereocenters. The number of H-pyrrole nitrogens is 1. The van der Waals surface area contributed by atoms with E-state index < -0.39 is 0 Å². The molecule has 5 heteroatoms. The summed E-state index contributed by atoms with van der Waals surface area (Å²) in [5.74, 6) is 0.139. The highest BCUT2D eigenvalue weighted by Crippen LogP contribution is 2.43. The van der Waals surface area contributed by atoms with Crippen LogP contribution in [-0.2, 0) is 11.3 Å². The maximum absolute atomic E-state index is 12.8. The van der Waals surface area contributed by atoms with Crippen LogP contribution in [0.4, 0.5) is 0 Å². The summed E-state index contributed by atoms with van der Waals surface area (Å²) in [7, 11) is 0. The summed E-state index contributed by atoms with van der Waals surface area (Å²) >= 11 is 5.96. The number of rotatable bonds is 5. The molecule has 1 heterocycles. The van der Waals surface area contributed by atoms with E-state index in [0.717, 1.165) is 29.3 Å². The minimum absolute atomic E-state index is 0.0395. The van der Waals surface area contributed by atoms with Gasteiger partial charge in [-0.15, -0.1) is 0 Å². The molecular weight excluding hydrogens is 348 g/mol. The van der Waals surface area contributed by atoms with Gasteiger partial charge < -0.3 is 10.3 Å². The molecule has 2 N–H and O–H groups in total. The lowest BCUT2D eigenvalue weighted by atomic mass is 9.93. The van der Waals surface area contributed by atoms with Gasteiger partial charge in [-0.2, -0.15) is 0 Å². The molecule has 2 aromatic carbocycles. The van der Waals surface area contributed by atoms with Crippen molar-refractivity contribution in [1.29, 1.82) is 0 Å². The third-order valence-corrected chi connectivity index (χ3v) is 5.14. The van der Waals surface area contributed by atoms with Crippen molar-refractivity contribution in [3.63, 3.8) is 0 Å². The quantitative estimate of drug-likeness (QED) is 0.717. The number of hydrogen-bond acceptors (Lipinski definition) is 2. The standard InChI is InChI=1S/C21H19ClN2O2/c22-17-9-7-14(8-10-17)19(13-5-6-13)21(26)23-12-16-11-15-3-1-2-4-18(15)24-20(16)25/h1-4,7-11,13,19H,5-6,12H2,(H,23,26)(H,24,25). The van der Waals surface area contributed by atoms with Crippen molar-refractivity contribution in [2.45, 2.75) is 25.3 Å². The molecule has 1 saturated carbocycles. The summed E-state index contributed by atoms with van der Waals surface area (Å²) in [5.41, 5.74) is 2.16. The SMILES string of the molecule is O=C(NCc1cc2ccccc2[nH]c1=O)C(c1ccc(Cl)cc1)C1CC1. The molecule has 1 amide bonds. The van der Waals surface area contributed by atoms with Gasteiger partial charge in [-0.25, -0.2) is 0 Å². The van der Waals surface area contributed by atoms with Crippen LogP contribution >= 0.6 is 11.6 Å². The van der Waals surface area contributed by atoms with Crippen molar-refractivity contribution < 1.29 is 4.79 Å². The third kappa shape index (κ3) is 3.51. The van der Waals surface area contributed by atoms with E-state index in [9.17, 15) is 9.59 Å². The molecule has 1 fully saturated rings. The first-order valence-electron chi connectivity index (χ1n) is 8.76. The van der Waals surface area contributed by atoms with E-state index in [1.54, 1.807) is 0 Å². The molecule has 132 valence electrons. The van der Waals surface area contributed by atoms with Crippen LogP contribution in [0.3, 0.4) is 0 Å². The van der Waals surface area contributed by atoms with Gasteiger partial charge in [0.25, 0.3) is 5.56 Å². The molecule has 1 aliphatic rings. The highest BCUT2D eigenvalue weighted by atomic mass is 35.5. The largest absolute Gasteiger partial charge is 0.351 e. The van der Waals surface area contributed by atoms with Gasteiger partial charge in [0.05, 0.1) is 5.92 Å². The smallest absolute Gasteiger partial charge is 0.253 e. The van der Waals surface area contributed by atoms with Crippen molar-refractivity contribution in [1.82, 2.24) is 10.3 Å². The number of halogens is 1. The van der Waals surface area contributed by atoms with E-state index in [-0.39, 0.29) is 23.9 Å². The number of amides is 1. The zero-order chi connectivity index (χ0) is 18.1. The number of para-hydroxylation sites is 1. The average molecular weight is 367 g/mol. The zero-order valence-corrected chi connectivity index (χ0v) is 14.9. The van der Waals surface area contributed by atoms with E-state index in [2.05, 4.69) is 10.3 Å². The second-order valence-electron chi connectivity index (χ2n) is 6.80. The summed E-state index contributed by atoms with van der Waals surface area (Å²) in [4.78, 5) is 27.9. The highest BCUT2D eigenvalue weighted by Gasteiger charge is 2.37. The number of carbonyl (C=O) groups is 1. The van der Waals surface area contributed by atoms with Gasteiger partial charge in [-0.1, -0.05) is 41.9 Å². The lowest BCUT2D eigenvalue weighted by Crippen LogP contribution is -2.32. The monoisotopic (exact) mass is 366 g/mol. The van der Waals surface area contributed by atoms with Crippen LogP contribution in [0.5, 0.6) is 0 Å². The first-order chi connectivity index (χ1) is 12.6. The Bertz CT molecular complexity index is 1010. The van der Waals surface area contributed by atoms with Crippen molar-refractivity contribution in [3.05, 3.63) is 81.1 Å². The zero-order valence-electron chi connectivity index (χ0n) is 14.2. The Balaban J connectivity index is 1.53. The van der Waals surface area contributed by atoms with Crippen LogP contribution < -0.4 is 10.9 Å². The average Bonchev–Trinajstić information content (AvgIpc) is 3.47. The van der Waals surface area contributed by atoms with Gasteiger partial charge in [0.2, 0.25) is 5.91 Å². The summed E-state index contributed by atoms with van der Waals surface area (Å²) < 4.78 is 0. The minimum Gasteiger partial charge on any atom is -0.351 e. The molecule has 1 aromatic heterocycles. The van der Waals surface area contributed by atoms with E-state index in [1.165, 1.54) is 0 Å². The normalized spacial score (nSPS) is 15.0. The number of aromatic amines is 1. The Morgan fingerprint density at radius 3 is 2.62 bits per heavy atom. The fraction of sp³-hybridized carbons (Fsp3) is 0.238. The van der Waals surface area contributed by atoms with Gasteiger partial charge in [-0.3, -0.25) is 9.59 Å². The number of benzene rings is 2. The Morgan fingerprint density at radius 1 is 1.15 bits per heavy atom. The van der Waals surface area contributed by atoms with Crippen LogP contribution in [0.1, 0.15) is 29.9 Å². The van der Waals surface area contributed by atoms with Gasteiger partial charge in [-0.05, 0) is 54.0 Å². The predicted molar refractivity (Wildman–Crippen MR) is 103 cm³/mol. The molecule has 4 rings (SSSR count). The van der Waals surface area contributed by atoms with Crippen molar-refractivity contribution in [2.24, 2.45) is 5.92 Å². The molecule has 0 aliphatic heterocycles. The van der Waals surface area contributed by atoms with Gasteiger partial charge >= 0.3 is 0 Å². The van der Waals surface area contributed by atoms with Crippen LogP contribution in [0.15, 0.2) is 59.4 Å². The third-order valence-electron chi connectivity index (χ3n) is 4.89. The molecule has 0 radical (unpaired) electrons. The maximum Gasteiger partial charge on any atom is 0.253 e. The Labute approximate surface area is 156 Å². The summed E-state index contributed by atoms with van der Waals surface area (Å²) in [6.45, 7) is 0.218. The van der Waals surface area contributed by atoms with Crippen molar-refractivity contribution in [2.75, 3.05) is 0 Å². The second-order valence-corrected chi connectivity index (χ2v) is 7.23. The van der Waals surface area contributed by atoms with Crippen molar-refractivity contribution in [3.8, 4) is 0 Å².